The van der Waals surface area contributed by atoms with Crippen molar-refractivity contribution in [2.75, 3.05) is 5.32 Å². The molecule has 0 aromatic carbocycles. The molecule has 104 valence electrons. The van der Waals surface area contributed by atoms with Crippen molar-refractivity contribution in [3.63, 3.8) is 0 Å². The lowest BCUT2D eigenvalue weighted by molar-refractivity contribution is -0.117. The highest BCUT2D eigenvalue weighted by atomic mass is 32.1. The van der Waals surface area contributed by atoms with Crippen molar-refractivity contribution in [2.24, 2.45) is 5.92 Å². The summed E-state index contributed by atoms with van der Waals surface area (Å²) < 4.78 is 0. The Kier molecular flexibility index (Phi) is 3.58. The van der Waals surface area contributed by atoms with Crippen LogP contribution in [0.3, 0.4) is 0 Å². The average Bonchev–Trinajstić information content (AvgIpc) is 2.93. The van der Waals surface area contributed by atoms with Crippen LogP contribution in [0.15, 0.2) is 0 Å². The Morgan fingerprint density at radius 1 is 1.37 bits per heavy atom. The normalized spacial score (nSPS) is 30.1. The molecule has 0 spiro atoms. The lowest BCUT2D eigenvalue weighted by Crippen LogP contribution is -2.39. The number of carbonyl (C=O) groups excluding carboxylic acids is 1. The number of carbonyl (C=O) groups is 1. The van der Waals surface area contributed by atoms with Crippen molar-refractivity contribution >= 4 is 22.4 Å². The van der Waals surface area contributed by atoms with E-state index in [0.717, 1.165) is 17.2 Å². The van der Waals surface area contributed by atoms with E-state index in [1.807, 2.05) is 13.8 Å². The van der Waals surface area contributed by atoms with Crippen LogP contribution in [0.2, 0.25) is 0 Å². The largest absolute Gasteiger partial charge is 0.303 e. The van der Waals surface area contributed by atoms with Gasteiger partial charge >= 0.3 is 0 Å². The fraction of sp³-hybridized carbons (Fsp3) is 0.714. The van der Waals surface area contributed by atoms with Gasteiger partial charge in [-0.3, -0.25) is 4.79 Å². The Hall–Kier alpha value is -0.940. The van der Waals surface area contributed by atoms with Gasteiger partial charge in [0.05, 0.1) is 11.7 Å². The molecule has 19 heavy (non-hydrogen) atoms. The van der Waals surface area contributed by atoms with Gasteiger partial charge in [-0.2, -0.15) is 0 Å². The monoisotopic (exact) mass is 279 g/mol. The van der Waals surface area contributed by atoms with Crippen LogP contribution in [0.25, 0.3) is 0 Å². The molecule has 0 radical (unpaired) electrons. The van der Waals surface area contributed by atoms with Gasteiger partial charge in [0, 0.05) is 10.9 Å². The first-order valence-electron chi connectivity index (χ1n) is 7.14. The SMILES string of the molecule is Cc1nc(NC(=O)C2CC3CCCCC3N2)sc1C. The Morgan fingerprint density at radius 2 is 2.16 bits per heavy atom. The maximum absolute atomic E-state index is 12.3. The van der Waals surface area contributed by atoms with E-state index in [4.69, 9.17) is 0 Å². The predicted molar refractivity (Wildman–Crippen MR) is 77.5 cm³/mol. The second-order valence-electron chi connectivity index (χ2n) is 5.76. The zero-order chi connectivity index (χ0) is 13.4. The zero-order valence-electron chi connectivity index (χ0n) is 11.5. The Labute approximate surface area is 118 Å². The number of nitrogens with one attached hydrogen (secondary N) is 2. The number of nitrogens with zero attached hydrogens (tertiary/aromatic N) is 1. The van der Waals surface area contributed by atoms with E-state index in [1.54, 1.807) is 11.3 Å². The number of aromatic nitrogens is 1. The van der Waals surface area contributed by atoms with Gasteiger partial charge < -0.3 is 10.6 Å². The summed E-state index contributed by atoms with van der Waals surface area (Å²) in [5, 5.41) is 7.19. The highest BCUT2D eigenvalue weighted by molar-refractivity contribution is 7.15. The summed E-state index contributed by atoms with van der Waals surface area (Å²) in [6.07, 6.45) is 6.11. The first kappa shape index (κ1) is 13.1. The number of amides is 1. The number of anilines is 1. The molecule has 2 fully saturated rings. The van der Waals surface area contributed by atoms with Gasteiger partial charge in [0.2, 0.25) is 5.91 Å². The summed E-state index contributed by atoms with van der Waals surface area (Å²) in [7, 11) is 0. The van der Waals surface area contributed by atoms with Crippen LogP contribution in [0, 0.1) is 19.8 Å². The molecule has 4 nitrogen and oxygen atoms in total. The minimum atomic E-state index is -0.0300. The van der Waals surface area contributed by atoms with E-state index in [9.17, 15) is 4.79 Å². The molecule has 2 aliphatic rings. The highest BCUT2D eigenvalue weighted by Crippen LogP contribution is 2.33. The van der Waals surface area contributed by atoms with Crippen molar-refractivity contribution in [1.29, 1.82) is 0 Å². The van der Waals surface area contributed by atoms with Gasteiger partial charge in [-0.1, -0.05) is 12.8 Å². The third kappa shape index (κ3) is 2.67. The van der Waals surface area contributed by atoms with E-state index >= 15 is 0 Å². The Morgan fingerprint density at radius 3 is 2.84 bits per heavy atom. The summed E-state index contributed by atoms with van der Waals surface area (Å²) >= 11 is 1.56. The van der Waals surface area contributed by atoms with E-state index in [1.165, 1.54) is 30.6 Å². The molecule has 2 N–H and O–H groups in total. The summed E-state index contributed by atoms with van der Waals surface area (Å²) in [4.78, 5) is 17.8. The Bertz CT molecular complexity index is 452. The molecular formula is C14H21N3OS. The molecule has 1 aromatic heterocycles. The van der Waals surface area contributed by atoms with E-state index in [0.29, 0.717) is 12.0 Å². The lowest BCUT2D eigenvalue weighted by atomic mass is 9.85. The number of hydrogen-bond donors (Lipinski definition) is 2. The first-order valence-corrected chi connectivity index (χ1v) is 7.96. The molecule has 5 heteroatoms. The van der Waals surface area contributed by atoms with Crippen LogP contribution in [-0.2, 0) is 4.79 Å². The molecule has 1 amide bonds. The van der Waals surface area contributed by atoms with Crippen molar-refractivity contribution in [3.05, 3.63) is 10.6 Å². The summed E-state index contributed by atoms with van der Waals surface area (Å²) in [5.74, 6) is 0.785. The van der Waals surface area contributed by atoms with Crippen molar-refractivity contribution < 1.29 is 4.79 Å². The fourth-order valence-corrected chi connectivity index (χ4v) is 4.06. The number of thiazole rings is 1. The molecule has 1 aromatic rings. The van der Waals surface area contributed by atoms with Crippen LogP contribution in [0.5, 0.6) is 0 Å². The van der Waals surface area contributed by atoms with E-state index in [2.05, 4.69) is 15.6 Å². The standard InChI is InChI=1S/C14H21N3OS/c1-8-9(2)19-14(15-8)17-13(18)12-7-10-5-3-4-6-11(10)16-12/h10-12,16H,3-7H2,1-2H3,(H,15,17,18). The molecule has 2 heterocycles. The van der Waals surface area contributed by atoms with Crippen LogP contribution >= 0.6 is 11.3 Å². The third-order valence-corrected chi connectivity index (χ3v) is 5.43. The number of rotatable bonds is 2. The number of hydrogen-bond acceptors (Lipinski definition) is 4. The number of aryl methyl sites for hydroxylation is 2. The lowest BCUT2D eigenvalue weighted by Gasteiger charge is -2.24. The molecule has 1 saturated heterocycles. The highest BCUT2D eigenvalue weighted by Gasteiger charge is 2.38. The number of fused-ring (bicyclic) bond motifs is 1. The van der Waals surface area contributed by atoms with Crippen molar-refractivity contribution in [3.8, 4) is 0 Å². The smallest absolute Gasteiger partial charge is 0.243 e. The molecular weight excluding hydrogens is 258 g/mol. The molecule has 1 aliphatic carbocycles. The molecule has 3 unspecified atom stereocenters. The van der Waals surface area contributed by atoms with Gasteiger partial charge in [0.15, 0.2) is 5.13 Å². The third-order valence-electron chi connectivity index (χ3n) is 4.44. The van der Waals surface area contributed by atoms with Gasteiger partial charge in [-0.05, 0) is 39.0 Å². The molecule has 1 aliphatic heterocycles. The predicted octanol–water partition coefficient (Wildman–Crippen LogP) is 2.62. The van der Waals surface area contributed by atoms with Crippen LogP contribution < -0.4 is 10.6 Å². The van der Waals surface area contributed by atoms with Crippen molar-refractivity contribution in [2.45, 2.75) is 58.0 Å². The van der Waals surface area contributed by atoms with Gasteiger partial charge in [0.25, 0.3) is 0 Å². The molecule has 3 atom stereocenters. The second kappa shape index (κ2) is 5.21. The molecule has 3 rings (SSSR count). The minimum Gasteiger partial charge on any atom is -0.303 e. The van der Waals surface area contributed by atoms with Gasteiger partial charge in [-0.25, -0.2) is 4.98 Å². The maximum atomic E-state index is 12.3. The topological polar surface area (TPSA) is 54.0 Å². The van der Waals surface area contributed by atoms with Crippen LogP contribution in [-0.4, -0.2) is 23.0 Å². The van der Waals surface area contributed by atoms with Gasteiger partial charge in [0.1, 0.15) is 0 Å². The van der Waals surface area contributed by atoms with E-state index in [-0.39, 0.29) is 11.9 Å². The van der Waals surface area contributed by atoms with Crippen LogP contribution in [0.4, 0.5) is 5.13 Å². The van der Waals surface area contributed by atoms with E-state index < -0.39 is 0 Å². The summed E-state index contributed by atoms with van der Waals surface area (Å²) in [6.45, 7) is 4.01. The summed E-state index contributed by atoms with van der Waals surface area (Å²) in [6, 6.07) is 0.530. The summed E-state index contributed by atoms with van der Waals surface area (Å²) in [5.41, 5.74) is 1.01. The zero-order valence-corrected chi connectivity index (χ0v) is 12.3. The second-order valence-corrected chi connectivity index (χ2v) is 6.96. The minimum absolute atomic E-state index is 0.0300. The fourth-order valence-electron chi connectivity index (χ4n) is 3.24. The quantitative estimate of drug-likeness (QED) is 0.875. The van der Waals surface area contributed by atoms with Crippen LogP contribution in [0.1, 0.15) is 42.7 Å². The van der Waals surface area contributed by atoms with Crippen molar-refractivity contribution in [1.82, 2.24) is 10.3 Å². The maximum Gasteiger partial charge on any atom is 0.243 e. The molecule has 0 bridgehead atoms. The van der Waals surface area contributed by atoms with Gasteiger partial charge in [-0.15, -0.1) is 11.3 Å². The molecule has 1 saturated carbocycles. The Balaban J connectivity index is 1.62. The average molecular weight is 279 g/mol. The first-order chi connectivity index (χ1) is 9.13.